The molecule has 1 amide bonds. The number of amides is 1. The Bertz CT molecular complexity index is 990. The molecular weight excluding hydrogens is 384 g/mol. The predicted octanol–water partition coefficient (Wildman–Crippen LogP) is 1.46. The highest BCUT2D eigenvalue weighted by molar-refractivity contribution is 7.89. The van der Waals surface area contributed by atoms with Crippen LogP contribution in [0.3, 0.4) is 0 Å². The molecule has 9 heteroatoms. The van der Waals surface area contributed by atoms with E-state index in [0.717, 1.165) is 12.0 Å². The van der Waals surface area contributed by atoms with Gasteiger partial charge in [-0.25, -0.2) is 8.42 Å². The van der Waals surface area contributed by atoms with Crippen molar-refractivity contribution in [3.05, 3.63) is 48.0 Å². The maximum absolute atomic E-state index is 12.9. The lowest BCUT2D eigenvalue weighted by molar-refractivity contribution is -0.119. The minimum absolute atomic E-state index is 0.0995. The average molecular weight is 404 g/mol. The van der Waals surface area contributed by atoms with Crippen molar-refractivity contribution in [3.8, 4) is 17.2 Å². The Labute approximate surface area is 162 Å². The first kappa shape index (κ1) is 18.6. The lowest BCUT2D eigenvalue weighted by Gasteiger charge is -2.17. The third-order valence-corrected chi connectivity index (χ3v) is 6.74. The highest BCUT2D eigenvalue weighted by Crippen LogP contribution is 2.38. The van der Waals surface area contributed by atoms with Crippen LogP contribution in [0.2, 0.25) is 0 Å². The van der Waals surface area contributed by atoms with Crippen LogP contribution in [0.5, 0.6) is 17.2 Å². The van der Waals surface area contributed by atoms with E-state index in [4.69, 9.17) is 19.9 Å². The fourth-order valence-electron chi connectivity index (χ4n) is 3.40. The Kier molecular flexibility index (Phi) is 4.86. The van der Waals surface area contributed by atoms with Gasteiger partial charge in [-0.1, -0.05) is 6.07 Å². The van der Waals surface area contributed by atoms with Gasteiger partial charge in [0.2, 0.25) is 16.8 Å². The molecule has 2 aromatic rings. The fraction of sp³-hybridized carbons (Fsp3) is 0.316. The second-order valence-corrected chi connectivity index (χ2v) is 8.63. The molecule has 1 atom stereocenters. The largest absolute Gasteiger partial charge is 0.484 e. The van der Waals surface area contributed by atoms with Gasteiger partial charge in [-0.15, -0.1) is 0 Å². The molecule has 0 bridgehead atoms. The van der Waals surface area contributed by atoms with Crippen LogP contribution >= 0.6 is 0 Å². The summed E-state index contributed by atoms with van der Waals surface area (Å²) in [5.41, 5.74) is 6.07. The van der Waals surface area contributed by atoms with E-state index < -0.39 is 15.9 Å². The Balaban J connectivity index is 1.46. The quantitative estimate of drug-likeness (QED) is 0.781. The number of hydrogen-bond acceptors (Lipinski definition) is 6. The SMILES string of the molecule is NC(=O)COc1ccc(S(=O)(=O)N2CCC(c3ccc4c(c3)OCO4)C2)cc1. The molecular formula is C19H20N2O6S. The first-order valence-electron chi connectivity index (χ1n) is 8.84. The van der Waals surface area contributed by atoms with E-state index in [1.54, 1.807) is 0 Å². The first-order valence-corrected chi connectivity index (χ1v) is 10.3. The van der Waals surface area contributed by atoms with Gasteiger partial charge >= 0.3 is 0 Å². The van der Waals surface area contributed by atoms with Crippen LogP contribution in [0.4, 0.5) is 0 Å². The summed E-state index contributed by atoms with van der Waals surface area (Å²) in [7, 11) is -3.61. The van der Waals surface area contributed by atoms with Crippen molar-refractivity contribution in [3.63, 3.8) is 0 Å². The summed E-state index contributed by atoms with van der Waals surface area (Å²) in [6.45, 7) is 0.807. The zero-order valence-electron chi connectivity index (χ0n) is 15.0. The Morgan fingerprint density at radius 1 is 1.14 bits per heavy atom. The van der Waals surface area contributed by atoms with Crippen LogP contribution < -0.4 is 19.9 Å². The van der Waals surface area contributed by atoms with Gasteiger partial charge in [0, 0.05) is 13.1 Å². The van der Waals surface area contributed by atoms with Crippen LogP contribution in [0, 0.1) is 0 Å². The molecule has 0 spiro atoms. The number of rotatable bonds is 6. The number of carbonyl (C=O) groups excluding carboxylic acids is 1. The van der Waals surface area contributed by atoms with E-state index in [0.29, 0.717) is 30.3 Å². The van der Waals surface area contributed by atoms with E-state index in [-0.39, 0.29) is 24.2 Å². The third-order valence-electron chi connectivity index (χ3n) is 4.86. The average Bonchev–Trinajstić information content (AvgIpc) is 3.35. The molecule has 4 rings (SSSR count). The molecule has 2 N–H and O–H groups in total. The van der Waals surface area contributed by atoms with Crippen molar-refractivity contribution in [2.24, 2.45) is 5.73 Å². The summed E-state index contributed by atoms with van der Waals surface area (Å²) < 4.78 is 43.3. The topological polar surface area (TPSA) is 108 Å². The second kappa shape index (κ2) is 7.33. The maximum Gasteiger partial charge on any atom is 0.255 e. The summed E-state index contributed by atoms with van der Waals surface area (Å²) in [4.78, 5) is 10.9. The molecule has 1 fully saturated rings. The van der Waals surface area contributed by atoms with Gasteiger partial charge in [0.1, 0.15) is 5.75 Å². The van der Waals surface area contributed by atoms with Crippen molar-refractivity contribution in [1.29, 1.82) is 0 Å². The van der Waals surface area contributed by atoms with Crippen molar-refractivity contribution >= 4 is 15.9 Å². The summed E-state index contributed by atoms with van der Waals surface area (Å²) in [6, 6.07) is 11.7. The number of sulfonamides is 1. The fourth-order valence-corrected chi connectivity index (χ4v) is 4.90. The summed E-state index contributed by atoms with van der Waals surface area (Å²) in [5.74, 6) is 1.30. The lowest BCUT2D eigenvalue weighted by atomic mass is 9.98. The highest BCUT2D eigenvalue weighted by atomic mass is 32.2. The third kappa shape index (κ3) is 3.63. The molecule has 2 aromatic carbocycles. The number of ether oxygens (including phenoxy) is 3. The molecule has 0 saturated carbocycles. The molecule has 28 heavy (non-hydrogen) atoms. The minimum Gasteiger partial charge on any atom is -0.484 e. The zero-order chi connectivity index (χ0) is 19.7. The monoisotopic (exact) mass is 404 g/mol. The summed E-state index contributed by atoms with van der Waals surface area (Å²) in [6.07, 6.45) is 0.735. The van der Waals surface area contributed by atoms with Crippen molar-refractivity contribution in [1.82, 2.24) is 4.31 Å². The number of primary amides is 1. The number of hydrogen-bond donors (Lipinski definition) is 1. The van der Waals surface area contributed by atoms with E-state index in [1.165, 1.54) is 28.6 Å². The van der Waals surface area contributed by atoms with Crippen molar-refractivity contribution in [2.45, 2.75) is 17.2 Å². The number of nitrogens with two attached hydrogens (primary N) is 1. The van der Waals surface area contributed by atoms with Gasteiger partial charge in [-0.2, -0.15) is 4.31 Å². The Morgan fingerprint density at radius 3 is 2.64 bits per heavy atom. The number of benzene rings is 2. The molecule has 0 aromatic heterocycles. The van der Waals surface area contributed by atoms with Gasteiger partial charge in [0.05, 0.1) is 4.90 Å². The molecule has 0 radical (unpaired) electrons. The molecule has 2 heterocycles. The molecule has 148 valence electrons. The number of nitrogens with zero attached hydrogens (tertiary/aromatic N) is 1. The highest BCUT2D eigenvalue weighted by Gasteiger charge is 2.33. The van der Waals surface area contributed by atoms with Crippen LogP contribution in [0.1, 0.15) is 17.9 Å². The second-order valence-electron chi connectivity index (χ2n) is 6.69. The lowest BCUT2D eigenvalue weighted by Crippen LogP contribution is -2.28. The number of fused-ring (bicyclic) bond motifs is 1. The van der Waals surface area contributed by atoms with Gasteiger partial charge in [-0.3, -0.25) is 4.79 Å². The molecule has 0 aliphatic carbocycles. The van der Waals surface area contributed by atoms with E-state index in [1.807, 2.05) is 18.2 Å². The normalized spacial score (nSPS) is 18.9. The van der Waals surface area contributed by atoms with Crippen LogP contribution in [0.15, 0.2) is 47.4 Å². The molecule has 1 saturated heterocycles. The van der Waals surface area contributed by atoms with E-state index in [9.17, 15) is 13.2 Å². The molecule has 1 unspecified atom stereocenters. The number of carbonyl (C=O) groups is 1. The standard InChI is InChI=1S/C19H20N2O6S/c20-19(22)11-25-15-2-4-16(5-3-15)28(23,24)21-8-7-14(10-21)13-1-6-17-18(9-13)27-12-26-17/h1-6,9,14H,7-8,10-12H2,(H2,20,22). The van der Waals surface area contributed by atoms with Gasteiger partial charge in [0.25, 0.3) is 5.91 Å². The van der Waals surface area contributed by atoms with Gasteiger partial charge < -0.3 is 19.9 Å². The Morgan fingerprint density at radius 2 is 1.89 bits per heavy atom. The molecule has 8 nitrogen and oxygen atoms in total. The smallest absolute Gasteiger partial charge is 0.255 e. The van der Waals surface area contributed by atoms with Crippen LogP contribution in [-0.2, 0) is 14.8 Å². The van der Waals surface area contributed by atoms with Crippen molar-refractivity contribution in [2.75, 3.05) is 26.5 Å². The van der Waals surface area contributed by atoms with Gasteiger partial charge in [-0.05, 0) is 54.3 Å². The molecule has 2 aliphatic rings. The minimum atomic E-state index is -3.61. The van der Waals surface area contributed by atoms with Gasteiger partial charge in [0.15, 0.2) is 18.1 Å². The van der Waals surface area contributed by atoms with E-state index >= 15 is 0 Å². The Hall–Kier alpha value is -2.78. The molecule has 2 aliphatic heterocycles. The zero-order valence-corrected chi connectivity index (χ0v) is 15.9. The van der Waals surface area contributed by atoms with Crippen LogP contribution in [-0.4, -0.2) is 45.1 Å². The van der Waals surface area contributed by atoms with Crippen LogP contribution in [0.25, 0.3) is 0 Å². The summed E-state index contributed by atoms with van der Waals surface area (Å²) >= 11 is 0. The van der Waals surface area contributed by atoms with E-state index in [2.05, 4.69) is 0 Å². The summed E-state index contributed by atoms with van der Waals surface area (Å²) in [5, 5.41) is 0. The predicted molar refractivity (Wildman–Crippen MR) is 99.8 cm³/mol. The van der Waals surface area contributed by atoms with Crippen molar-refractivity contribution < 1.29 is 27.4 Å². The maximum atomic E-state index is 12.9. The first-order chi connectivity index (χ1) is 13.4.